The number of benzene rings is 10. The molecule has 0 aliphatic heterocycles. The molecule has 0 radical (unpaired) electrons. The summed E-state index contributed by atoms with van der Waals surface area (Å²) in [7, 11) is 0. The van der Waals surface area contributed by atoms with E-state index < -0.39 is 0 Å². The Labute approximate surface area is 362 Å². The van der Waals surface area contributed by atoms with E-state index in [9.17, 15) is 0 Å². The number of rotatable bonds is 9. The van der Waals surface area contributed by atoms with E-state index in [0.717, 1.165) is 39.4 Å². The second-order valence-corrected chi connectivity index (χ2v) is 15.7. The van der Waals surface area contributed by atoms with Crippen molar-refractivity contribution in [3.8, 4) is 61.3 Å². The molecule has 1 aromatic heterocycles. The quantitative estimate of drug-likeness (QED) is 0.141. The van der Waals surface area contributed by atoms with Crippen LogP contribution in [0.1, 0.15) is 0 Å². The zero-order chi connectivity index (χ0) is 41.2. The SMILES string of the molecule is c1ccc(-c2cc(-c3ccccc3)cc(N(c3ccc4c(c3)c3ccccc3n4-c3ccccc3)c3ccccc3-c3ccccc3-c3ccccc3-c3ccccc3)c2)cc1. The van der Waals surface area contributed by atoms with Crippen LogP contribution in [0, 0.1) is 0 Å². The Balaban J connectivity index is 1.19. The van der Waals surface area contributed by atoms with Gasteiger partial charge in [-0.25, -0.2) is 0 Å². The molecule has 0 aliphatic rings. The minimum absolute atomic E-state index is 1.07. The standard InChI is InChI=1S/C60H42N2/c1-5-21-43(22-6-1)46-39-47(44-23-7-2-8-24-44)41-50(40-46)61(49-37-38-60-57(42-49)56-34-18-20-36-59(56)62(60)48-27-11-4-12-28-48)58-35-19-17-33-55(58)54-32-16-15-31-53(54)52-30-14-13-29-51(52)45-25-9-3-10-26-45/h1-42H. The monoisotopic (exact) mass is 790 g/mol. The van der Waals surface area contributed by atoms with Crippen LogP contribution < -0.4 is 4.90 Å². The van der Waals surface area contributed by atoms with E-state index in [1.165, 1.54) is 60.8 Å². The van der Waals surface area contributed by atoms with Gasteiger partial charge in [0.1, 0.15) is 0 Å². The molecule has 11 rings (SSSR count). The van der Waals surface area contributed by atoms with E-state index in [4.69, 9.17) is 0 Å². The third kappa shape index (κ3) is 6.74. The second-order valence-electron chi connectivity index (χ2n) is 15.7. The second kappa shape index (κ2) is 16.1. The minimum atomic E-state index is 1.07. The van der Waals surface area contributed by atoms with Gasteiger partial charge in [0.15, 0.2) is 0 Å². The van der Waals surface area contributed by atoms with Gasteiger partial charge < -0.3 is 9.47 Å². The van der Waals surface area contributed by atoms with Crippen LogP contribution in [0.25, 0.3) is 83.1 Å². The van der Waals surface area contributed by atoms with Crippen molar-refractivity contribution in [2.24, 2.45) is 0 Å². The summed E-state index contributed by atoms with van der Waals surface area (Å²) in [5, 5.41) is 2.41. The molecule has 11 aromatic rings. The van der Waals surface area contributed by atoms with E-state index in [1.54, 1.807) is 0 Å². The first-order chi connectivity index (χ1) is 30.8. The van der Waals surface area contributed by atoms with Gasteiger partial charge in [0, 0.05) is 33.4 Å². The first kappa shape index (κ1) is 36.8. The fourth-order valence-electron chi connectivity index (χ4n) is 9.15. The van der Waals surface area contributed by atoms with Crippen LogP contribution in [-0.4, -0.2) is 4.57 Å². The molecule has 2 nitrogen and oxygen atoms in total. The maximum atomic E-state index is 2.47. The molecular formula is C60H42N2. The number of nitrogens with zero attached hydrogens (tertiary/aromatic N) is 2. The minimum Gasteiger partial charge on any atom is -0.310 e. The van der Waals surface area contributed by atoms with Crippen molar-refractivity contribution in [2.75, 3.05) is 4.90 Å². The summed E-state index contributed by atoms with van der Waals surface area (Å²) in [6.45, 7) is 0. The number of fused-ring (bicyclic) bond motifs is 3. The maximum absolute atomic E-state index is 2.47. The molecule has 0 aliphatic carbocycles. The highest BCUT2D eigenvalue weighted by molar-refractivity contribution is 6.11. The maximum Gasteiger partial charge on any atom is 0.0542 e. The van der Waals surface area contributed by atoms with Gasteiger partial charge in [-0.05, 0) is 111 Å². The van der Waals surface area contributed by atoms with Crippen molar-refractivity contribution in [2.45, 2.75) is 0 Å². The molecule has 0 atom stereocenters. The number of hydrogen-bond donors (Lipinski definition) is 0. The van der Waals surface area contributed by atoms with Crippen LogP contribution in [0.4, 0.5) is 17.1 Å². The van der Waals surface area contributed by atoms with Gasteiger partial charge in [-0.3, -0.25) is 0 Å². The number of anilines is 3. The van der Waals surface area contributed by atoms with Crippen LogP contribution in [-0.2, 0) is 0 Å². The first-order valence-electron chi connectivity index (χ1n) is 21.3. The molecule has 1 heterocycles. The van der Waals surface area contributed by atoms with Crippen LogP contribution in [0.5, 0.6) is 0 Å². The average molecular weight is 791 g/mol. The smallest absolute Gasteiger partial charge is 0.0542 e. The Morgan fingerprint density at radius 2 is 0.710 bits per heavy atom. The van der Waals surface area contributed by atoms with Crippen molar-refractivity contribution in [3.63, 3.8) is 0 Å². The van der Waals surface area contributed by atoms with E-state index in [-0.39, 0.29) is 0 Å². The van der Waals surface area contributed by atoms with Gasteiger partial charge in [0.2, 0.25) is 0 Å². The summed E-state index contributed by atoms with van der Waals surface area (Å²) in [6, 6.07) is 92.2. The number of hydrogen-bond acceptors (Lipinski definition) is 1. The lowest BCUT2D eigenvalue weighted by atomic mass is 9.88. The van der Waals surface area contributed by atoms with Crippen molar-refractivity contribution >= 4 is 38.9 Å². The Hall–Kier alpha value is -8.20. The Morgan fingerprint density at radius 1 is 0.258 bits per heavy atom. The zero-order valence-corrected chi connectivity index (χ0v) is 34.1. The van der Waals surface area contributed by atoms with Crippen molar-refractivity contribution in [1.82, 2.24) is 4.57 Å². The number of para-hydroxylation sites is 3. The number of aromatic nitrogens is 1. The third-order valence-electron chi connectivity index (χ3n) is 12.0. The van der Waals surface area contributed by atoms with Crippen LogP contribution in [0.3, 0.4) is 0 Å². The lowest BCUT2D eigenvalue weighted by molar-refractivity contribution is 1.18. The highest BCUT2D eigenvalue weighted by atomic mass is 15.1. The summed E-state index contributed by atoms with van der Waals surface area (Å²) in [5.41, 5.74) is 18.5. The summed E-state index contributed by atoms with van der Waals surface area (Å²) in [5.74, 6) is 0. The molecule has 2 heteroatoms. The van der Waals surface area contributed by atoms with Crippen molar-refractivity contribution < 1.29 is 0 Å². The van der Waals surface area contributed by atoms with Gasteiger partial charge >= 0.3 is 0 Å². The first-order valence-corrected chi connectivity index (χ1v) is 21.3. The zero-order valence-electron chi connectivity index (χ0n) is 34.1. The van der Waals surface area contributed by atoms with E-state index in [0.29, 0.717) is 0 Å². The average Bonchev–Trinajstić information content (AvgIpc) is 3.69. The molecule has 0 fully saturated rings. The summed E-state index contributed by atoms with van der Waals surface area (Å²) < 4.78 is 2.39. The Bertz CT molecular complexity index is 3270. The molecule has 0 unspecified atom stereocenters. The fourth-order valence-corrected chi connectivity index (χ4v) is 9.15. The van der Waals surface area contributed by atoms with Gasteiger partial charge in [-0.2, -0.15) is 0 Å². The van der Waals surface area contributed by atoms with Crippen LogP contribution in [0.15, 0.2) is 255 Å². The highest BCUT2D eigenvalue weighted by Crippen LogP contribution is 2.47. The normalized spacial score (nSPS) is 11.2. The molecule has 292 valence electrons. The summed E-state index contributed by atoms with van der Waals surface area (Å²) in [4.78, 5) is 2.47. The van der Waals surface area contributed by atoms with E-state index in [2.05, 4.69) is 264 Å². The van der Waals surface area contributed by atoms with E-state index >= 15 is 0 Å². The lowest BCUT2D eigenvalue weighted by Crippen LogP contribution is -2.12. The molecule has 0 saturated heterocycles. The topological polar surface area (TPSA) is 8.17 Å². The lowest BCUT2D eigenvalue weighted by Gasteiger charge is -2.30. The van der Waals surface area contributed by atoms with Crippen LogP contribution in [0.2, 0.25) is 0 Å². The van der Waals surface area contributed by atoms with E-state index in [1.807, 2.05) is 0 Å². The Kier molecular flexibility index (Phi) is 9.57. The fraction of sp³-hybridized carbons (Fsp3) is 0. The molecule has 0 N–H and O–H groups in total. The Morgan fingerprint density at radius 3 is 1.34 bits per heavy atom. The van der Waals surface area contributed by atoms with Gasteiger partial charge in [0.05, 0.1) is 16.7 Å². The molecule has 0 amide bonds. The predicted molar refractivity (Wildman–Crippen MR) is 263 cm³/mol. The molecule has 10 aromatic carbocycles. The third-order valence-corrected chi connectivity index (χ3v) is 12.0. The molecule has 0 saturated carbocycles. The van der Waals surface area contributed by atoms with Crippen molar-refractivity contribution in [3.05, 3.63) is 255 Å². The summed E-state index contributed by atoms with van der Waals surface area (Å²) >= 11 is 0. The van der Waals surface area contributed by atoms with Crippen LogP contribution >= 0.6 is 0 Å². The van der Waals surface area contributed by atoms with Gasteiger partial charge in [-0.15, -0.1) is 0 Å². The van der Waals surface area contributed by atoms with Gasteiger partial charge in [0.25, 0.3) is 0 Å². The van der Waals surface area contributed by atoms with Gasteiger partial charge in [-0.1, -0.05) is 194 Å². The largest absolute Gasteiger partial charge is 0.310 e. The molecule has 0 bridgehead atoms. The predicted octanol–water partition coefficient (Wildman–Crippen LogP) is 16.6. The van der Waals surface area contributed by atoms with Crippen molar-refractivity contribution in [1.29, 1.82) is 0 Å². The molecule has 0 spiro atoms. The molecular weight excluding hydrogens is 749 g/mol. The molecule has 62 heavy (non-hydrogen) atoms. The highest BCUT2D eigenvalue weighted by Gasteiger charge is 2.23. The summed E-state index contributed by atoms with van der Waals surface area (Å²) in [6.07, 6.45) is 0.